The normalized spacial score (nSPS) is 31.8. The molecule has 1 heterocycles. The quantitative estimate of drug-likeness (QED) is 0.506. The summed E-state index contributed by atoms with van der Waals surface area (Å²) in [5, 5.41) is 0. The number of hydrogen-bond acceptors (Lipinski definition) is 3. The molecule has 1 saturated heterocycles. The Balaban J connectivity index is 2.52. The van der Waals surface area contributed by atoms with E-state index in [2.05, 4.69) is 0 Å². The van der Waals surface area contributed by atoms with E-state index in [1.807, 2.05) is 41.5 Å². The third kappa shape index (κ3) is 2.27. The van der Waals surface area contributed by atoms with Gasteiger partial charge in [0.15, 0.2) is 6.10 Å². The lowest BCUT2D eigenvalue weighted by atomic mass is 9.94. The van der Waals surface area contributed by atoms with Crippen molar-refractivity contribution in [1.82, 2.24) is 0 Å². The van der Waals surface area contributed by atoms with Crippen LogP contribution in [-0.4, -0.2) is 23.3 Å². The highest BCUT2D eigenvalue weighted by Gasteiger charge is 2.60. The Morgan fingerprint density at radius 1 is 1.43 bits per heavy atom. The first kappa shape index (κ1) is 11.5. The molecule has 0 unspecified atom stereocenters. The van der Waals surface area contributed by atoms with Crippen LogP contribution in [0, 0.1) is 5.92 Å². The summed E-state index contributed by atoms with van der Waals surface area (Å²) < 4.78 is 10.6. The van der Waals surface area contributed by atoms with E-state index in [0.29, 0.717) is 5.92 Å². The van der Waals surface area contributed by atoms with Crippen molar-refractivity contribution in [3.05, 3.63) is 0 Å². The Bertz CT molecular complexity index is 239. The highest BCUT2D eigenvalue weighted by Crippen LogP contribution is 2.43. The van der Waals surface area contributed by atoms with Gasteiger partial charge in [-0.3, -0.25) is 0 Å². The molecule has 82 valence electrons. The number of carbonyl (C=O) groups excluding carboxylic acids is 1. The summed E-state index contributed by atoms with van der Waals surface area (Å²) in [7, 11) is 0. The van der Waals surface area contributed by atoms with Crippen LogP contribution in [-0.2, 0) is 14.3 Å². The van der Waals surface area contributed by atoms with Gasteiger partial charge in [0.1, 0.15) is 11.2 Å². The number of ether oxygens (including phenoxy) is 2. The topological polar surface area (TPSA) is 38.8 Å². The van der Waals surface area contributed by atoms with E-state index < -0.39 is 5.60 Å². The number of epoxide rings is 1. The maximum atomic E-state index is 11.6. The Kier molecular flexibility index (Phi) is 2.65. The van der Waals surface area contributed by atoms with Crippen molar-refractivity contribution < 1.29 is 14.3 Å². The second-order valence-electron chi connectivity index (χ2n) is 5.37. The zero-order chi connectivity index (χ0) is 11.1. The first-order chi connectivity index (χ1) is 6.17. The van der Waals surface area contributed by atoms with Crippen LogP contribution in [0.2, 0.25) is 0 Å². The molecule has 3 heteroatoms. The predicted octanol–water partition coefficient (Wildman–Crippen LogP) is 2.14. The van der Waals surface area contributed by atoms with Crippen molar-refractivity contribution in [3.63, 3.8) is 0 Å². The summed E-state index contributed by atoms with van der Waals surface area (Å²) in [6.45, 7) is 11.6. The summed E-state index contributed by atoms with van der Waals surface area (Å²) in [5.41, 5.74) is -0.747. The second-order valence-corrected chi connectivity index (χ2v) is 5.37. The van der Waals surface area contributed by atoms with Crippen molar-refractivity contribution in [2.24, 2.45) is 5.92 Å². The molecule has 0 spiro atoms. The fourth-order valence-electron chi connectivity index (χ4n) is 1.30. The molecule has 1 fully saturated rings. The number of hydrogen-bond donors (Lipinski definition) is 0. The summed E-state index contributed by atoms with van der Waals surface area (Å²) >= 11 is 0. The second kappa shape index (κ2) is 3.23. The molecule has 0 radical (unpaired) electrons. The summed E-state index contributed by atoms with van der Waals surface area (Å²) in [6, 6.07) is 0. The Morgan fingerprint density at radius 3 is 2.21 bits per heavy atom. The van der Waals surface area contributed by atoms with E-state index in [1.165, 1.54) is 0 Å². The lowest BCUT2D eigenvalue weighted by Crippen LogP contribution is -2.31. The molecule has 0 amide bonds. The van der Waals surface area contributed by atoms with Gasteiger partial charge in [0.05, 0.1) is 0 Å². The van der Waals surface area contributed by atoms with E-state index in [0.717, 1.165) is 0 Å². The highest BCUT2D eigenvalue weighted by molar-refractivity contribution is 5.79. The first-order valence-corrected chi connectivity index (χ1v) is 5.07. The molecule has 1 aliphatic rings. The Labute approximate surface area is 85.8 Å². The largest absolute Gasteiger partial charge is 0.458 e. The highest BCUT2D eigenvalue weighted by atomic mass is 16.7. The van der Waals surface area contributed by atoms with Crippen LogP contribution < -0.4 is 0 Å². The van der Waals surface area contributed by atoms with E-state index in [1.54, 1.807) is 0 Å². The van der Waals surface area contributed by atoms with Crippen LogP contribution in [0.4, 0.5) is 0 Å². The molecule has 0 aromatic heterocycles. The Hall–Kier alpha value is -0.570. The molecule has 0 aromatic carbocycles. The molecule has 0 bridgehead atoms. The molecule has 0 aliphatic carbocycles. The molecule has 14 heavy (non-hydrogen) atoms. The van der Waals surface area contributed by atoms with Gasteiger partial charge in [-0.05, 0) is 33.6 Å². The zero-order valence-electron chi connectivity index (χ0n) is 9.88. The number of rotatable bonds is 2. The average molecular weight is 200 g/mol. The van der Waals surface area contributed by atoms with Crippen LogP contribution in [0.5, 0.6) is 0 Å². The predicted molar refractivity (Wildman–Crippen MR) is 54.0 cm³/mol. The van der Waals surface area contributed by atoms with Gasteiger partial charge >= 0.3 is 5.97 Å². The lowest BCUT2D eigenvalue weighted by Gasteiger charge is -2.19. The third-order valence-electron chi connectivity index (χ3n) is 2.60. The third-order valence-corrected chi connectivity index (χ3v) is 2.60. The van der Waals surface area contributed by atoms with E-state index >= 15 is 0 Å². The van der Waals surface area contributed by atoms with Crippen molar-refractivity contribution in [1.29, 1.82) is 0 Å². The molecular formula is C11H20O3. The molecule has 3 nitrogen and oxygen atoms in total. The summed E-state index contributed by atoms with van der Waals surface area (Å²) in [5.74, 6) is 0.0914. The fourth-order valence-corrected chi connectivity index (χ4v) is 1.30. The molecular weight excluding hydrogens is 180 g/mol. The minimum Gasteiger partial charge on any atom is -0.458 e. The van der Waals surface area contributed by atoms with Crippen LogP contribution in [0.3, 0.4) is 0 Å². The molecule has 2 atom stereocenters. The average Bonchev–Trinajstić information content (AvgIpc) is 2.60. The van der Waals surface area contributed by atoms with Gasteiger partial charge in [0.25, 0.3) is 0 Å². The van der Waals surface area contributed by atoms with Crippen LogP contribution in [0.15, 0.2) is 0 Å². The minimum absolute atomic E-state index is 0.242. The van der Waals surface area contributed by atoms with Crippen LogP contribution >= 0.6 is 0 Å². The van der Waals surface area contributed by atoms with Gasteiger partial charge in [-0.15, -0.1) is 0 Å². The van der Waals surface area contributed by atoms with Gasteiger partial charge < -0.3 is 9.47 Å². The SMILES string of the molecule is CC(C)[C@]1(C)O[C@@H]1C(=O)OC(C)(C)C. The maximum absolute atomic E-state index is 11.6. The standard InChI is InChI=1S/C11H20O3/c1-7(2)11(6)8(13-11)9(12)14-10(3,4)5/h7-8H,1-6H3/t8-,11+/m1/s1. The van der Waals surface area contributed by atoms with Gasteiger partial charge in [-0.25, -0.2) is 4.79 Å². The number of esters is 1. The fraction of sp³-hybridized carbons (Fsp3) is 0.909. The van der Waals surface area contributed by atoms with E-state index in [4.69, 9.17) is 9.47 Å². The van der Waals surface area contributed by atoms with Gasteiger partial charge in [0.2, 0.25) is 0 Å². The van der Waals surface area contributed by atoms with Gasteiger partial charge in [-0.1, -0.05) is 13.8 Å². The van der Waals surface area contributed by atoms with Crippen molar-refractivity contribution in [2.45, 2.75) is 58.8 Å². The number of carbonyl (C=O) groups is 1. The van der Waals surface area contributed by atoms with Crippen molar-refractivity contribution >= 4 is 5.97 Å². The first-order valence-electron chi connectivity index (χ1n) is 5.07. The molecule has 1 aliphatic heterocycles. The monoisotopic (exact) mass is 200 g/mol. The van der Waals surface area contributed by atoms with Gasteiger partial charge in [-0.2, -0.15) is 0 Å². The molecule has 1 rings (SSSR count). The van der Waals surface area contributed by atoms with Crippen molar-refractivity contribution in [3.8, 4) is 0 Å². The summed E-state index contributed by atoms with van der Waals surface area (Å²) in [4.78, 5) is 11.6. The summed E-state index contributed by atoms with van der Waals surface area (Å²) in [6.07, 6.45) is -0.373. The molecule has 0 N–H and O–H groups in total. The van der Waals surface area contributed by atoms with Gasteiger partial charge in [0, 0.05) is 0 Å². The smallest absolute Gasteiger partial charge is 0.338 e. The zero-order valence-corrected chi connectivity index (χ0v) is 9.88. The van der Waals surface area contributed by atoms with Crippen LogP contribution in [0.1, 0.15) is 41.5 Å². The Morgan fingerprint density at radius 2 is 1.93 bits per heavy atom. The minimum atomic E-state index is -0.430. The van der Waals surface area contributed by atoms with Crippen molar-refractivity contribution in [2.75, 3.05) is 0 Å². The molecule has 0 aromatic rings. The van der Waals surface area contributed by atoms with E-state index in [9.17, 15) is 4.79 Å². The maximum Gasteiger partial charge on any atom is 0.338 e. The van der Waals surface area contributed by atoms with Crippen LogP contribution in [0.25, 0.3) is 0 Å². The van der Waals surface area contributed by atoms with E-state index in [-0.39, 0.29) is 17.7 Å². The lowest BCUT2D eigenvalue weighted by molar-refractivity contribution is -0.156. The molecule has 0 saturated carbocycles.